The first-order chi connectivity index (χ1) is 10.0. The number of thiocarbonyl (C=S) groups is 1. The number of aryl methyl sites for hydroxylation is 1. The molecule has 2 amide bonds. The van der Waals surface area contributed by atoms with Crippen molar-refractivity contribution in [2.24, 2.45) is 5.73 Å². The van der Waals surface area contributed by atoms with Gasteiger partial charge in [0.25, 0.3) is 5.91 Å². The van der Waals surface area contributed by atoms with Gasteiger partial charge in [-0.1, -0.05) is 13.3 Å². The van der Waals surface area contributed by atoms with Crippen molar-refractivity contribution in [1.29, 1.82) is 0 Å². The molecule has 1 aromatic heterocycles. The number of anilines is 1. The van der Waals surface area contributed by atoms with E-state index >= 15 is 0 Å². The van der Waals surface area contributed by atoms with Gasteiger partial charge < -0.3 is 16.4 Å². The molecule has 7 heteroatoms. The zero-order valence-electron chi connectivity index (χ0n) is 12.0. The molecule has 0 saturated heterocycles. The van der Waals surface area contributed by atoms with E-state index in [0.717, 1.165) is 31.2 Å². The first-order valence-corrected chi connectivity index (χ1v) is 8.30. The van der Waals surface area contributed by atoms with Crippen LogP contribution >= 0.6 is 23.6 Å². The van der Waals surface area contributed by atoms with Gasteiger partial charge in [0.05, 0.1) is 5.56 Å². The van der Waals surface area contributed by atoms with Crippen LogP contribution in [0, 0.1) is 0 Å². The van der Waals surface area contributed by atoms with Crippen LogP contribution in [-0.2, 0) is 17.6 Å². The van der Waals surface area contributed by atoms with Gasteiger partial charge in [0, 0.05) is 11.3 Å². The molecule has 0 radical (unpaired) electrons. The van der Waals surface area contributed by atoms with E-state index in [4.69, 9.17) is 18.0 Å². The highest BCUT2D eigenvalue weighted by molar-refractivity contribution is 7.80. The van der Waals surface area contributed by atoms with Gasteiger partial charge in [-0.3, -0.25) is 9.59 Å². The Kier molecular flexibility index (Phi) is 5.30. The Labute approximate surface area is 133 Å². The van der Waals surface area contributed by atoms with E-state index in [9.17, 15) is 9.59 Å². The van der Waals surface area contributed by atoms with Crippen LogP contribution in [0.3, 0.4) is 0 Å². The summed E-state index contributed by atoms with van der Waals surface area (Å²) in [5.41, 5.74) is 7.12. The van der Waals surface area contributed by atoms with Crippen LogP contribution in [0.25, 0.3) is 0 Å². The molecule has 0 unspecified atom stereocenters. The number of nitrogens with one attached hydrogen (secondary N) is 2. The number of primary amides is 1. The third kappa shape index (κ3) is 3.79. The Morgan fingerprint density at radius 3 is 2.67 bits per heavy atom. The van der Waals surface area contributed by atoms with Crippen molar-refractivity contribution in [3.05, 3.63) is 16.0 Å². The smallest absolute Gasteiger partial charge is 0.251 e. The summed E-state index contributed by atoms with van der Waals surface area (Å²) in [7, 11) is 0. The maximum atomic E-state index is 11.8. The van der Waals surface area contributed by atoms with Gasteiger partial charge in [-0.25, -0.2) is 0 Å². The summed E-state index contributed by atoms with van der Waals surface area (Å²) in [5, 5.41) is 6.38. The molecule has 2 rings (SSSR count). The molecule has 21 heavy (non-hydrogen) atoms. The van der Waals surface area contributed by atoms with Crippen molar-refractivity contribution in [2.45, 2.75) is 45.4 Å². The van der Waals surface area contributed by atoms with Crippen LogP contribution in [-0.4, -0.2) is 16.9 Å². The van der Waals surface area contributed by atoms with E-state index in [2.05, 4.69) is 10.6 Å². The average Bonchev–Trinajstić information content (AvgIpc) is 2.60. The lowest BCUT2D eigenvalue weighted by molar-refractivity contribution is -0.119. The van der Waals surface area contributed by atoms with Crippen LogP contribution in [0.1, 0.15) is 53.4 Å². The van der Waals surface area contributed by atoms with Crippen LogP contribution in [0.15, 0.2) is 0 Å². The fourth-order valence-corrected chi connectivity index (χ4v) is 4.02. The molecular weight excluding hydrogens is 306 g/mol. The normalized spacial score (nSPS) is 14.0. The highest BCUT2D eigenvalue weighted by Crippen LogP contribution is 2.37. The zero-order valence-corrected chi connectivity index (χ0v) is 13.6. The van der Waals surface area contributed by atoms with Gasteiger partial charge in [-0.05, 0) is 43.5 Å². The van der Waals surface area contributed by atoms with Crippen molar-refractivity contribution < 1.29 is 9.59 Å². The largest absolute Gasteiger partial charge is 0.365 e. The molecule has 0 spiro atoms. The second kappa shape index (κ2) is 7.00. The van der Waals surface area contributed by atoms with Crippen molar-refractivity contribution in [3.8, 4) is 0 Å². The summed E-state index contributed by atoms with van der Waals surface area (Å²) in [5.74, 6) is -0.604. The van der Waals surface area contributed by atoms with Gasteiger partial charge in [0.15, 0.2) is 5.11 Å². The molecule has 0 aromatic carbocycles. The van der Waals surface area contributed by atoms with Gasteiger partial charge >= 0.3 is 0 Å². The molecule has 114 valence electrons. The minimum Gasteiger partial charge on any atom is -0.365 e. The quantitative estimate of drug-likeness (QED) is 0.588. The maximum absolute atomic E-state index is 11.8. The number of hydrogen-bond acceptors (Lipinski definition) is 4. The Balaban J connectivity index is 2.25. The SMILES string of the molecule is CCC(=O)NC(=S)Nc1sc2c(c1C(N)=O)CCCCC2. The number of carbonyl (C=O) groups is 2. The molecule has 4 N–H and O–H groups in total. The molecule has 0 fully saturated rings. The lowest BCUT2D eigenvalue weighted by atomic mass is 10.1. The molecule has 0 aliphatic heterocycles. The Morgan fingerprint density at radius 1 is 1.29 bits per heavy atom. The van der Waals surface area contributed by atoms with E-state index in [1.54, 1.807) is 6.92 Å². The van der Waals surface area contributed by atoms with Gasteiger partial charge in [-0.15, -0.1) is 11.3 Å². The Morgan fingerprint density at radius 2 is 2.00 bits per heavy atom. The molecule has 0 bridgehead atoms. The number of rotatable bonds is 3. The predicted molar refractivity (Wildman–Crippen MR) is 88.8 cm³/mol. The fourth-order valence-electron chi connectivity index (χ4n) is 2.44. The Hall–Kier alpha value is -1.47. The van der Waals surface area contributed by atoms with Gasteiger partial charge in [0.2, 0.25) is 5.91 Å². The summed E-state index contributed by atoms with van der Waals surface area (Å²) < 4.78 is 0. The van der Waals surface area contributed by atoms with Crippen molar-refractivity contribution >= 4 is 45.5 Å². The minimum absolute atomic E-state index is 0.161. The summed E-state index contributed by atoms with van der Waals surface area (Å²) in [6.45, 7) is 1.75. The molecule has 0 saturated carbocycles. The second-order valence-electron chi connectivity index (χ2n) is 4.99. The van der Waals surface area contributed by atoms with E-state index in [1.165, 1.54) is 22.6 Å². The van der Waals surface area contributed by atoms with E-state index < -0.39 is 5.91 Å². The van der Waals surface area contributed by atoms with E-state index in [1.807, 2.05) is 0 Å². The van der Waals surface area contributed by atoms with Crippen molar-refractivity contribution in [2.75, 3.05) is 5.32 Å². The molecule has 0 atom stereocenters. The lowest BCUT2D eigenvalue weighted by Gasteiger charge is -2.09. The van der Waals surface area contributed by atoms with Crippen LogP contribution in [0.2, 0.25) is 0 Å². The lowest BCUT2D eigenvalue weighted by Crippen LogP contribution is -2.33. The highest BCUT2D eigenvalue weighted by atomic mass is 32.1. The predicted octanol–water partition coefficient (Wildman–Crippen LogP) is 2.34. The number of hydrogen-bond donors (Lipinski definition) is 3. The van der Waals surface area contributed by atoms with Crippen LogP contribution in [0.4, 0.5) is 5.00 Å². The second-order valence-corrected chi connectivity index (χ2v) is 6.50. The molecule has 1 aromatic rings. The number of nitrogens with two attached hydrogens (primary N) is 1. The topological polar surface area (TPSA) is 84.2 Å². The molecule has 1 aliphatic carbocycles. The fraction of sp³-hybridized carbons (Fsp3) is 0.500. The molecule has 1 heterocycles. The third-order valence-electron chi connectivity index (χ3n) is 3.47. The Bertz CT molecular complexity index is 581. The maximum Gasteiger partial charge on any atom is 0.251 e. The molecular formula is C14H19N3O2S2. The van der Waals surface area contributed by atoms with E-state index in [-0.39, 0.29) is 11.0 Å². The van der Waals surface area contributed by atoms with Crippen molar-refractivity contribution in [3.63, 3.8) is 0 Å². The van der Waals surface area contributed by atoms with Gasteiger partial charge in [-0.2, -0.15) is 0 Å². The third-order valence-corrected chi connectivity index (χ3v) is 4.88. The van der Waals surface area contributed by atoms with Gasteiger partial charge in [0.1, 0.15) is 5.00 Å². The highest BCUT2D eigenvalue weighted by Gasteiger charge is 2.23. The number of carbonyl (C=O) groups excluding carboxylic acids is 2. The zero-order chi connectivity index (χ0) is 15.4. The van der Waals surface area contributed by atoms with E-state index in [0.29, 0.717) is 17.0 Å². The van der Waals surface area contributed by atoms with Crippen LogP contribution in [0.5, 0.6) is 0 Å². The summed E-state index contributed by atoms with van der Waals surface area (Å²) >= 11 is 6.62. The monoisotopic (exact) mass is 325 g/mol. The minimum atomic E-state index is -0.443. The summed E-state index contributed by atoms with van der Waals surface area (Å²) in [4.78, 5) is 24.3. The standard InChI is InChI=1S/C14H19N3O2S2/c1-2-10(18)16-14(20)17-13-11(12(15)19)8-6-4-3-5-7-9(8)21-13/h2-7H2,1H3,(H2,15,19)(H2,16,17,18,20). The summed E-state index contributed by atoms with van der Waals surface area (Å²) in [6, 6.07) is 0. The summed E-state index contributed by atoms with van der Waals surface area (Å²) in [6.07, 6.45) is 5.57. The van der Waals surface area contributed by atoms with Crippen molar-refractivity contribution in [1.82, 2.24) is 5.32 Å². The average molecular weight is 325 g/mol. The molecule has 1 aliphatic rings. The number of amides is 2. The number of thiophene rings is 1. The first-order valence-electron chi connectivity index (χ1n) is 7.08. The number of fused-ring (bicyclic) bond motifs is 1. The molecule has 5 nitrogen and oxygen atoms in total. The first kappa shape index (κ1) is 15.9. The van der Waals surface area contributed by atoms with Crippen LogP contribution < -0.4 is 16.4 Å².